The highest BCUT2D eigenvalue weighted by Crippen LogP contribution is 2.21. The van der Waals surface area contributed by atoms with Crippen LogP contribution >= 0.6 is 0 Å². The molecule has 0 atom stereocenters. The lowest BCUT2D eigenvalue weighted by Gasteiger charge is -2.18. The van der Waals surface area contributed by atoms with Gasteiger partial charge in [0.25, 0.3) is 5.91 Å². The number of unbranched alkanes of at least 4 members (excludes halogenated alkanes) is 9. The van der Waals surface area contributed by atoms with Crippen LogP contribution in [0.15, 0.2) is 48.5 Å². The predicted octanol–water partition coefficient (Wildman–Crippen LogP) is 7.52. The maximum absolute atomic E-state index is 12.4. The van der Waals surface area contributed by atoms with Crippen molar-refractivity contribution in [1.29, 1.82) is 0 Å². The summed E-state index contributed by atoms with van der Waals surface area (Å²) in [5.41, 5.74) is 2.26. The highest BCUT2D eigenvalue weighted by atomic mass is 16.5. The number of hydrogen-bond donors (Lipinski definition) is 2. The van der Waals surface area contributed by atoms with Gasteiger partial charge in [0.1, 0.15) is 5.75 Å². The van der Waals surface area contributed by atoms with Gasteiger partial charge in [-0.05, 0) is 62.2 Å². The zero-order chi connectivity index (χ0) is 24.6. The summed E-state index contributed by atoms with van der Waals surface area (Å²) in [4.78, 5) is 12.4. The molecular formula is C29H44N2O3. The van der Waals surface area contributed by atoms with Crippen LogP contribution in [0.4, 0.5) is 5.69 Å². The number of amides is 1. The molecular weight excluding hydrogens is 424 g/mol. The largest absolute Gasteiger partial charge is 0.491 e. The Labute approximate surface area is 206 Å². The standard InChI is InChI=1S/C29H44N2O3/c1-4-5-6-7-8-9-10-11-12-13-22-30-29(32)26-16-14-25(15-17-26)23-31(33)27-18-20-28(21-19-27)34-24(2)3/h14-21,24,33H,4-13,22-23H2,1-3H3,(H,30,32). The number of anilines is 1. The fourth-order valence-corrected chi connectivity index (χ4v) is 3.91. The molecule has 0 spiro atoms. The molecule has 0 heterocycles. The Balaban J connectivity index is 1.63. The molecule has 0 aliphatic rings. The lowest BCUT2D eigenvalue weighted by Crippen LogP contribution is -2.24. The van der Waals surface area contributed by atoms with E-state index in [9.17, 15) is 10.0 Å². The van der Waals surface area contributed by atoms with E-state index in [0.717, 1.165) is 24.3 Å². The van der Waals surface area contributed by atoms with Crippen molar-refractivity contribution in [3.8, 4) is 5.75 Å². The molecule has 5 heteroatoms. The van der Waals surface area contributed by atoms with Gasteiger partial charge in [-0.25, -0.2) is 0 Å². The van der Waals surface area contributed by atoms with Gasteiger partial charge in [-0.1, -0.05) is 76.8 Å². The molecule has 34 heavy (non-hydrogen) atoms. The highest BCUT2D eigenvalue weighted by molar-refractivity contribution is 5.94. The molecule has 0 aromatic heterocycles. The van der Waals surface area contributed by atoms with Gasteiger partial charge in [0.2, 0.25) is 0 Å². The first-order valence-electron chi connectivity index (χ1n) is 13.1. The van der Waals surface area contributed by atoms with Crippen molar-refractivity contribution in [3.63, 3.8) is 0 Å². The van der Waals surface area contributed by atoms with E-state index in [4.69, 9.17) is 4.74 Å². The quantitative estimate of drug-likeness (QED) is 0.186. The van der Waals surface area contributed by atoms with Crippen LogP contribution in [0.25, 0.3) is 0 Å². The summed E-state index contributed by atoms with van der Waals surface area (Å²) in [5.74, 6) is 0.740. The third-order valence-electron chi connectivity index (χ3n) is 5.87. The number of ether oxygens (including phenoxy) is 1. The molecule has 0 aliphatic carbocycles. The second-order valence-corrected chi connectivity index (χ2v) is 9.35. The number of hydrogen-bond acceptors (Lipinski definition) is 4. The molecule has 1 amide bonds. The van der Waals surface area contributed by atoms with Crippen LogP contribution in [-0.4, -0.2) is 23.8 Å². The number of carbonyl (C=O) groups is 1. The molecule has 0 saturated heterocycles. The Hall–Kier alpha value is -2.53. The van der Waals surface area contributed by atoms with Gasteiger partial charge in [0.15, 0.2) is 0 Å². The van der Waals surface area contributed by atoms with Crippen LogP contribution in [0.5, 0.6) is 5.75 Å². The molecule has 5 nitrogen and oxygen atoms in total. The Bertz CT molecular complexity index is 803. The topological polar surface area (TPSA) is 61.8 Å². The van der Waals surface area contributed by atoms with Crippen LogP contribution in [0.1, 0.15) is 101 Å². The monoisotopic (exact) mass is 468 g/mol. The normalized spacial score (nSPS) is 11.0. The second-order valence-electron chi connectivity index (χ2n) is 9.35. The summed E-state index contributed by atoms with van der Waals surface area (Å²) < 4.78 is 5.64. The summed E-state index contributed by atoms with van der Waals surface area (Å²) in [6.45, 7) is 7.27. The zero-order valence-electron chi connectivity index (χ0n) is 21.4. The fourth-order valence-electron chi connectivity index (χ4n) is 3.91. The Morgan fingerprint density at radius 1 is 0.853 bits per heavy atom. The maximum atomic E-state index is 12.4. The number of nitrogens with zero attached hydrogens (tertiary/aromatic N) is 1. The smallest absolute Gasteiger partial charge is 0.251 e. The van der Waals surface area contributed by atoms with Gasteiger partial charge < -0.3 is 10.1 Å². The van der Waals surface area contributed by atoms with Crippen molar-refractivity contribution in [2.75, 3.05) is 11.6 Å². The summed E-state index contributed by atoms with van der Waals surface area (Å²) in [7, 11) is 0. The van der Waals surface area contributed by atoms with Gasteiger partial charge in [-0.15, -0.1) is 0 Å². The minimum absolute atomic E-state index is 0.0379. The van der Waals surface area contributed by atoms with Crippen LogP contribution in [0, 0.1) is 0 Å². The zero-order valence-corrected chi connectivity index (χ0v) is 21.4. The molecule has 0 radical (unpaired) electrons. The third kappa shape index (κ3) is 11.1. The van der Waals surface area contributed by atoms with E-state index >= 15 is 0 Å². The third-order valence-corrected chi connectivity index (χ3v) is 5.87. The molecule has 2 rings (SSSR count). The summed E-state index contributed by atoms with van der Waals surface area (Å²) in [5, 5.41) is 14.6. The Kier molecular flexibility index (Phi) is 13.2. The molecule has 2 aromatic carbocycles. The van der Waals surface area contributed by atoms with Crippen LogP contribution < -0.4 is 15.1 Å². The number of hydroxylamine groups is 1. The molecule has 0 aliphatic heterocycles. The SMILES string of the molecule is CCCCCCCCCCCCNC(=O)c1ccc(CN(O)c2ccc(OC(C)C)cc2)cc1. The first-order valence-corrected chi connectivity index (χ1v) is 13.1. The van der Waals surface area contributed by atoms with Gasteiger partial charge in [0.05, 0.1) is 18.3 Å². The highest BCUT2D eigenvalue weighted by Gasteiger charge is 2.08. The second kappa shape index (κ2) is 16.2. The Morgan fingerprint density at radius 3 is 1.97 bits per heavy atom. The van der Waals surface area contributed by atoms with Gasteiger partial charge in [-0.2, -0.15) is 0 Å². The summed E-state index contributed by atoms with van der Waals surface area (Å²) >= 11 is 0. The molecule has 2 aromatic rings. The molecule has 0 bridgehead atoms. The first-order chi connectivity index (χ1) is 16.5. The predicted molar refractivity (Wildman–Crippen MR) is 141 cm³/mol. The number of nitrogens with one attached hydrogen (secondary N) is 1. The summed E-state index contributed by atoms with van der Waals surface area (Å²) in [6.07, 6.45) is 13.0. The lowest BCUT2D eigenvalue weighted by atomic mass is 10.1. The molecule has 0 fully saturated rings. The molecule has 188 valence electrons. The van der Waals surface area contributed by atoms with E-state index in [1.165, 1.54) is 62.9 Å². The van der Waals surface area contributed by atoms with Crippen molar-refractivity contribution < 1.29 is 14.7 Å². The van der Waals surface area contributed by atoms with Crippen molar-refractivity contribution >= 4 is 11.6 Å². The maximum Gasteiger partial charge on any atom is 0.251 e. The van der Waals surface area contributed by atoms with E-state index in [1.807, 2.05) is 62.4 Å². The van der Waals surface area contributed by atoms with Crippen LogP contribution in [-0.2, 0) is 6.54 Å². The van der Waals surface area contributed by atoms with E-state index in [0.29, 0.717) is 17.8 Å². The molecule has 2 N–H and O–H groups in total. The minimum Gasteiger partial charge on any atom is -0.491 e. The number of benzene rings is 2. The van der Waals surface area contributed by atoms with Gasteiger partial charge in [0, 0.05) is 12.1 Å². The average molecular weight is 469 g/mol. The van der Waals surface area contributed by atoms with Gasteiger partial charge in [-0.3, -0.25) is 15.1 Å². The summed E-state index contributed by atoms with van der Waals surface area (Å²) in [6, 6.07) is 14.7. The first kappa shape index (κ1) is 27.7. The molecule has 0 saturated carbocycles. The fraction of sp³-hybridized carbons (Fsp3) is 0.552. The lowest BCUT2D eigenvalue weighted by molar-refractivity contribution is 0.0953. The Morgan fingerprint density at radius 2 is 1.41 bits per heavy atom. The molecule has 0 unspecified atom stereocenters. The minimum atomic E-state index is -0.0379. The van der Waals surface area contributed by atoms with Crippen molar-refractivity contribution in [2.24, 2.45) is 0 Å². The van der Waals surface area contributed by atoms with Gasteiger partial charge >= 0.3 is 0 Å². The van der Waals surface area contributed by atoms with E-state index in [1.54, 1.807) is 0 Å². The van der Waals surface area contributed by atoms with E-state index in [-0.39, 0.29) is 12.0 Å². The van der Waals surface area contributed by atoms with Crippen LogP contribution in [0.3, 0.4) is 0 Å². The van der Waals surface area contributed by atoms with Crippen molar-refractivity contribution in [1.82, 2.24) is 5.32 Å². The van der Waals surface area contributed by atoms with E-state index in [2.05, 4.69) is 12.2 Å². The average Bonchev–Trinajstić information content (AvgIpc) is 2.83. The van der Waals surface area contributed by atoms with Crippen molar-refractivity contribution in [3.05, 3.63) is 59.7 Å². The number of carbonyl (C=O) groups excluding carboxylic acids is 1. The number of rotatable bonds is 17. The van der Waals surface area contributed by atoms with Crippen LogP contribution in [0.2, 0.25) is 0 Å². The van der Waals surface area contributed by atoms with Crippen molar-refractivity contribution in [2.45, 2.75) is 97.6 Å². The van der Waals surface area contributed by atoms with E-state index < -0.39 is 0 Å².